The molecule has 0 aromatic carbocycles. The first-order valence-electron chi connectivity index (χ1n) is 4.49. The number of ether oxygens (including phenoxy) is 1. The van der Waals surface area contributed by atoms with Gasteiger partial charge in [-0.05, 0) is 27.7 Å². The van der Waals surface area contributed by atoms with Crippen LogP contribution < -0.4 is 0 Å². The van der Waals surface area contributed by atoms with Crippen LogP contribution in [0.25, 0.3) is 0 Å². The second-order valence-corrected chi connectivity index (χ2v) is 3.80. The van der Waals surface area contributed by atoms with Crippen molar-refractivity contribution in [2.75, 3.05) is 13.1 Å². The Morgan fingerprint density at radius 2 is 1.64 bits per heavy atom. The Bertz CT molecular complexity index is 115. The lowest BCUT2D eigenvalue weighted by Gasteiger charge is -2.37. The van der Waals surface area contributed by atoms with E-state index in [-0.39, 0.29) is 0 Å². The van der Waals surface area contributed by atoms with E-state index in [0.717, 1.165) is 13.1 Å². The van der Waals surface area contributed by atoms with E-state index in [4.69, 9.17) is 4.74 Å². The number of nitrogens with zero attached hydrogens (tertiary/aromatic N) is 1. The van der Waals surface area contributed by atoms with Crippen molar-refractivity contribution < 1.29 is 4.74 Å². The normalized spacial score (nSPS) is 34.6. The van der Waals surface area contributed by atoms with Gasteiger partial charge in [-0.1, -0.05) is 0 Å². The molecule has 11 heavy (non-hydrogen) atoms. The maximum absolute atomic E-state index is 5.62. The summed E-state index contributed by atoms with van der Waals surface area (Å²) in [6.07, 6.45) is 0.808. The summed E-state index contributed by atoms with van der Waals surface area (Å²) >= 11 is 0. The third-order valence-corrected chi connectivity index (χ3v) is 2.18. The predicted octanol–water partition coefficient (Wildman–Crippen LogP) is 1.50. The average Bonchev–Trinajstić information content (AvgIpc) is 1.85. The zero-order valence-electron chi connectivity index (χ0n) is 8.00. The molecule has 0 aromatic heterocycles. The molecule has 2 heteroatoms. The Labute approximate surface area is 69.5 Å². The fourth-order valence-corrected chi connectivity index (χ4v) is 1.64. The standard InChI is InChI=1S/C9H19NO/c1-7(2)10-5-8(3)11-9(4)6-10/h7-9H,5-6H2,1-4H3/t8-,9-/m0/s1. The number of morpholine rings is 1. The molecule has 2 atom stereocenters. The fraction of sp³-hybridized carbons (Fsp3) is 1.00. The second-order valence-electron chi connectivity index (χ2n) is 3.80. The summed E-state index contributed by atoms with van der Waals surface area (Å²) in [6, 6.07) is 0.656. The number of hydrogen-bond acceptors (Lipinski definition) is 2. The molecule has 0 aliphatic carbocycles. The molecule has 0 saturated carbocycles. The SMILES string of the molecule is CC(C)N1C[C@H](C)O[C@@H](C)C1. The van der Waals surface area contributed by atoms with Crippen molar-refractivity contribution in [2.24, 2.45) is 0 Å². The van der Waals surface area contributed by atoms with Crippen LogP contribution in [0.1, 0.15) is 27.7 Å². The Hall–Kier alpha value is -0.0800. The monoisotopic (exact) mass is 157 g/mol. The van der Waals surface area contributed by atoms with E-state index in [1.807, 2.05) is 0 Å². The molecule has 0 aromatic rings. The Morgan fingerprint density at radius 3 is 2.00 bits per heavy atom. The smallest absolute Gasteiger partial charge is 0.0678 e. The van der Waals surface area contributed by atoms with Crippen molar-refractivity contribution in [1.82, 2.24) is 4.90 Å². The molecule has 1 rings (SSSR count). The molecule has 1 saturated heterocycles. The molecule has 0 unspecified atom stereocenters. The van der Waals surface area contributed by atoms with Gasteiger partial charge >= 0.3 is 0 Å². The van der Waals surface area contributed by atoms with Crippen molar-refractivity contribution in [2.45, 2.75) is 45.9 Å². The molecule has 1 aliphatic rings. The summed E-state index contributed by atoms with van der Waals surface area (Å²) in [6.45, 7) is 10.9. The summed E-state index contributed by atoms with van der Waals surface area (Å²) in [5.41, 5.74) is 0. The van der Waals surface area contributed by atoms with Crippen molar-refractivity contribution in [3.63, 3.8) is 0 Å². The molecule has 1 fully saturated rings. The Kier molecular flexibility index (Phi) is 2.90. The van der Waals surface area contributed by atoms with E-state index in [2.05, 4.69) is 32.6 Å². The van der Waals surface area contributed by atoms with Crippen LogP contribution in [0.4, 0.5) is 0 Å². The Morgan fingerprint density at radius 1 is 1.18 bits per heavy atom. The topological polar surface area (TPSA) is 12.5 Å². The van der Waals surface area contributed by atoms with Crippen LogP contribution in [-0.2, 0) is 4.74 Å². The van der Waals surface area contributed by atoms with Gasteiger partial charge in [-0.25, -0.2) is 0 Å². The highest BCUT2D eigenvalue weighted by Gasteiger charge is 2.23. The maximum atomic E-state index is 5.62. The highest BCUT2D eigenvalue weighted by atomic mass is 16.5. The van der Waals surface area contributed by atoms with Crippen molar-refractivity contribution in [3.05, 3.63) is 0 Å². The fourth-order valence-electron chi connectivity index (χ4n) is 1.64. The van der Waals surface area contributed by atoms with Gasteiger partial charge in [0.1, 0.15) is 0 Å². The third kappa shape index (κ3) is 2.46. The molecular formula is C9H19NO. The summed E-state index contributed by atoms with van der Waals surface area (Å²) in [7, 11) is 0. The van der Waals surface area contributed by atoms with Gasteiger partial charge < -0.3 is 4.74 Å². The van der Waals surface area contributed by atoms with Crippen molar-refractivity contribution >= 4 is 0 Å². The highest BCUT2D eigenvalue weighted by Crippen LogP contribution is 2.12. The molecule has 2 nitrogen and oxygen atoms in total. The van der Waals surface area contributed by atoms with Crippen LogP contribution in [0.5, 0.6) is 0 Å². The third-order valence-electron chi connectivity index (χ3n) is 2.18. The van der Waals surface area contributed by atoms with Gasteiger partial charge in [-0.3, -0.25) is 4.90 Å². The highest BCUT2D eigenvalue weighted by molar-refractivity contribution is 4.75. The summed E-state index contributed by atoms with van der Waals surface area (Å²) in [4.78, 5) is 2.47. The number of hydrogen-bond donors (Lipinski definition) is 0. The first kappa shape index (κ1) is 9.01. The van der Waals surface area contributed by atoms with Crippen LogP contribution in [-0.4, -0.2) is 36.2 Å². The zero-order chi connectivity index (χ0) is 8.43. The van der Waals surface area contributed by atoms with E-state index >= 15 is 0 Å². The minimum Gasteiger partial charge on any atom is -0.373 e. The van der Waals surface area contributed by atoms with Gasteiger partial charge in [0.2, 0.25) is 0 Å². The van der Waals surface area contributed by atoms with Gasteiger partial charge in [0, 0.05) is 19.1 Å². The predicted molar refractivity (Wildman–Crippen MR) is 46.7 cm³/mol. The quantitative estimate of drug-likeness (QED) is 0.572. The van der Waals surface area contributed by atoms with Crippen LogP contribution in [0.2, 0.25) is 0 Å². The van der Waals surface area contributed by atoms with Gasteiger partial charge in [-0.2, -0.15) is 0 Å². The van der Waals surface area contributed by atoms with E-state index in [1.54, 1.807) is 0 Å². The van der Waals surface area contributed by atoms with Gasteiger partial charge in [0.25, 0.3) is 0 Å². The van der Waals surface area contributed by atoms with E-state index in [1.165, 1.54) is 0 Å². The first-order valence-corrected chi connectivity index (χ1v) is 4.49. The van der Waals surface area contributed by atoms with Crippen LogP contribution in [0.15, 0.2) is 0 Å². The lowest BCUT2D eigenvalue weighted by atomic mass is 10.2. The van der Waals surface area contributed by atoms with Gasteiger partial charge in [-0.15, -0.1) is 0 Å². The second kappa shape index (κ2) is 3.55. The summed E-state index contributed by atoms with van der Waals surface area (Å²) < 4.78 is 5.62. The summed E-state index contributed by atoms with van der Waals surface area (Å²) in [5, 5.41) is 0. The van der Waals surface area contributed by atoms with Crippen LogP contribution in [0, 0.1) is 0 Å². The van der Waals surface area contributed by atoms with Crippen molar-refractivity contribution in [1.29, 1.82) is 0 Å². The van der Waals surface area contributed by atoms with Gasteiger partial charge in [0.05, 0.1) is 12.2 Å². The lowest BCUT2D eigenvalue weighted by Crippen LogP contribution is -2.48. The maximum Gasteiger partial charge on any atom is 0.0678 e. The minimum absolute atomic E-state index is 0.404. The molecule has 0 bridgehead atoms. The molecule has 1 aliphatic heterocycles. The molecule has 0 spiro atoms. The van der Waals surface area contributed by atoms with Crippen LogP contribution >= 0.6 is 0 Å². The molecule has 0 radical (unpaired) electrons. The Balaban J connectivity index is 2.43. The molecule has 0 N–H and O–H groups in total. The number of rotatable bonds is 1. The van der Waals surface area contributed by atoms with E-state index in [0.29, 0.717) is 18.2 Å². The molecule has 1 heterocycles. The largest absolute Gasteiger partial charge is 0.373 e. The van der Waals surface area contributed by atoms with E-state index in [9.17, 15) is 0 Å². The lowest BCUT2D eigenvalue weighted by molar-refractivity contribution is -0.0764. The molecular weight excluding hydrogens is 138 g/mol. The molecule has 0 amide bonds. The summed E-state index contributed by atoms with van der Waals surface area (Å²) in [5.74, 6) is 0. The van der Waals surface area contributed by atoms with Crippen molar-refractivity contribution in [3.8, 4) is 0 Å². The molecule has 66 valence electrons. The van der Waals surface area contributed by atoms with Crippen LogP contribution in [0.3, 0.4) is 0 Å². The zero-order valence-corrected chi connectivity index (χ0v) is 8.00. The van der Waals surface area contributed by atoms with Gasteiger partial charge in [0.15, 0.2) is 0 Å². The minimum atomic E-state index is 0.404. The van der Waals surface area contributed by atoms with E-state index < -0.39 is 0 Å². The average molecular weight is 157 g/mol. The first-order chi connectivity index (χ1) is 5.09.